The highest BCUT2D eigenvalue weighted by Crippen LogP contribution is 2.49. The van der Waals surface area contributed by atoms with Crippen molar-refractivity contribution in [3.63, 3.8) is 0 Å². The molecule has 7 rings (SSSR count). The molecule has 0 atom stereocenters. The van der Waals surface area contributed by atoms with Gasteiger partial charge in [-0.1, -0.05) is 48.5 Å². The number of methoxy groups -OCH3 is 2. The second-order valence-corrected chi connectivity index (χ2v) is 12.3. The number of hydrogen-bond acceptors (Lipinski definition) is 5. The van der Waals surface area contributed by atoms with Crippen molar-refractivity contribution >= 4 is 33.8 Å². The van der Waals surface area contributed by atoms with E-state index in [9.17, 15) is 5.11 Å². The predicted octanol–water partition coefficient (Wildman–Crippen LogP) is 9.56. The molecule has 0 saturated carbocycles. The first-order chi connectivity index (χ1) is 20.6. The Morgan fingerprint density at radius 2 is 0.976 bits per heavy atom. The molecule has 0 unspecified atom stereocenters. The zero-order valence-corrected chi connectivity index (χ0v) is 24.8. The van der Waals surface area contributed by atoms with E-state index in [4.69, 9.17) is 9.47 Å². The average molecular weight is 585 g/mol. The van der Waals surface area contributed by atoms with Gasteiger partial charge in [0.05, 0.1) is 14.2 Å². The van der Waals surface area contributed by atoms with Crippen LogP contribution in [0.4, 0.5) is 0 Å². The van der Waals surface area contributed by atoms with Crippen molar-refractivity contribution in [1.29, 1.82) is 0 Å². The molecule has 206 valence electrons. The van der Waals surface area contributed by atoms with Crippen molar-refractivity contribution in [1.82, 2.24) is 0 Å². The van der Waals surface area contributed by atoms with E-state index >= 15 is 0 Å². The van der Waals surface area contributed by atoms with E-state index in [1.807, 2.05) is 48.5 Å². The van der Waals surface area contributed by atoms with Crippen LogP contribution in [0, 0.1) is 0 Å². The summed E-state index contributed by atoms with van der Waals surface area (Å²) < 4.78 is 10.8. The third-order valence-electron chi connectivity index (χ3n) is 7.75. The van der Waals surface area contributed by atoms with Gasteiger partial charge in [0.2, 0.25) is 0 Å². The van der Waals surface area contributed by atoms with E-state index in [0.29, 0.717) is 0 Å². The minimum atomic E-state index is -0.668. The Labute approximate surface area is 253 Å². The van der Waals surface area contributed by atoms with Crippen LogP contribution >= 0.6 is 22.7 Å². The second kappa shape index (κ2) is 11.1. The zero-order valence-electron chi connectivity index (χ0n) is 23.2. The van der Waals surface area contributed by atoms with Crippen LogP contribution in [-0.4, -0.2) is 19.3 Å². The molecule has 4 aromatic carbocycles. The van der Waals surface area contributed by atoms with Crippen molar-refractivity contribution in [2.75, 3.05) is 14.2 Å². The largest absolute Gasteiger partial charge is 0.497 e. The van der Waals surface area contributed by atoms with Crippen LogP contribution in [0.15, 0.2) is 121 Å². The van der Waals surface area contributed by atoms with Gasteiger partial charge in [-0.2, -0.15) is 0 Å². The molecule has 0 spiro atoms. The van der Waals surface area contributed by atoms with Crippen molar-refractivity contribution in [2.24, 2.45) is 0 Å². The molecular formula is C37H28O3S2. The average Bonchev–Trinajstić information content (AvgIpc) is 3.74. The molecule has 0 bridgehead atoms. The molecule has 0 saturated heterocycles. The Morgan fingerprint density at radius 1 is 0.548 bits per heavy atom. The fourth-order valence-corrected chi connectivity index (χ4v) is 7.86. The highest BCUT2D eigenvalue weighted by Gasteiger charge is 2.30. The summed E-state index contributed by atoms with van der Waals surface area (Å²) in [5, 5.41) is 11.4. The van der Waals surface area contributed by atoms with Crippen molar-refractivity contribution in [2.45, 2.75) is 6.10 Å². The fraction of sp³-hybridized carbons (Fsp3) is 0.0811. The first-order valence-corrected chi connectivity index (χ1v) is 15.4. The van der Waals surface area contributed by atoms with Crippen molar-refractivity contribution < 1.29 is 14.6 Å². The van der Waals surface area contributed by atoms with Gasteiger partial charge < -0.3 is 14.6 Å². The van der Waals surface area contributed by atoms with Crippen LogP contribution in [0.3, 0.4) is 0 Å². The normalized spacial score (nSPS) is 13.8. The Hall–Kier alpha value is -4.42. The van der Waals surface area contributed by atoms with Crippen LogP contribution in [0.1, 0.15) is 38.1 Å². The molecule has 1 N–H and O–H groups in total. The van der Waals surface area contributed by atoms with Gasteiger partial charge in [0, 0.05) is 25.1 Å². The van der Waals surface area contributed by atoms with Crippen molar-refractivity contribution in [3.8, 4) is 32.4 Å². The van der Waals surface area contributed by atoms with Gasteiger partial charge in [0.15, 0.2) is 0 Å². The van der Waals surface area contributed by atoms with E-state index in [1.165, 1.54) is 25.1 Å². The van der Waals surface area contributed by atoms with Crippen LogP contribution in [0.25, 0.3) is 32.0 Å². The summed E-state index contributed by atoms with van der Waals surface area (Å²) >= 11 is 3.57. The van der Waals surface area contributed by atoms with Gasteiger partial charge in [0.25, 0.3) is 0 Å². The Kier molecular flexibility index (Phi) is 7.00. The van der Waals surface area contributed by atoms with Crippen LogP contribution in [0.2, 0.25) is 0 Å². The molecule has 3 nitrogen and oxygen atoms in total. The quantitative estimate of drug-likeness (QED) is 0.212. The maximum Gasteiger partial charge on any atom is 0.118 e. The summed E-state index contributed by atoms with van der Waals surface area (Å²) in [6.07, 6.45) is -0.668. The highest BCUT2D eigenvalue weighted by molar-refractivity contribution is 7.19. The minimum absolute atomic E-state index is 0.668. The maximum atomic E-state index is 11.4. The molecule has 2 aromatic heterocycles. The van der Waals surface area contributed by atoms with Crippen LogP contribution in [-0.2, 0) is 0 Å². The summed E-state index contributed by atoms with van der Waals surface area (Å²) in [4.78, 5) is 4.74. The lowest BCUT2D eigenvalue weighted by Crippen LogP contribution is -2.13. The number of benzene rings is 4. The van der Waals surface area contributed by atoms with Gasteiger partial charge in [-0.15, -0.1) is 22.7 Å². The Balaban J connectivity index is 1.46. The van der Waals surface area contributed by atoms with Crippen molar-refractivity contribution in [3.05, 3.63) is 153 Å². The van der Waals surface area contributed by atoms with Gasteiger partial charge >= 0.3 is 0 Å². The van der Waals surface area contributed by atoms with E-state index in [-0.39, 0.29) is 0 Å². The number of hydrogen-bond donors (Lipinski definition) is 1. The molecule has 0 aliphatic heterocycles. The molecule has 0 radical (unpaired) electrons. The Morgan fingerprint density at radius 3 is 1.40 bits per heavy atom. The maximum absolute atomic E-state index is 11.4. The minimum Gasteiger partial charge on any atom is -0.497 e. The topological polar surface area (TPSA) is 38.7 Å². The summed E-state index contributed by atoms with van der Waals surface area (Å²) in [5.41, 5.74) is 8.64. The molecule has 0 fully saturated rings. The van der Waals surface area contributed by atoms with Gasteiger partial charge in [-0.3, -0.25) is 0 Å². The number of aliphatic hydroxyl groups excluding tert-OH is 1. The molecule has 1 aliphatic rings. The lowest BCUT2D eigenvalue weighted by Gasteiger charge is -2.29. The number of fused-ring (bicyclic) bond motifs is 2. The van der Waals surface area contributed by atoms with Crippen LogP contribution in [0.5, 0.6) is 11.5 Å². The molecule has 2 heterocycles. The van der Waals surface area contributed by atoms with Crippen LogP contribution < -0.4 is 9.47 Å². The zero-order chi connectivity index (χ0) is 28.6. The standard InChI is InChI=1S/C37H28O3S2/c1-39-25-15-11-23(12-16-25)31-19-21-33(41-31)36(34-22-20-32(42-34)24-13-17-26(40-2)18-14-24)35-27-7-3-5-9-29(27)37(38)30-10-6-4-8-28(30)35/h3-22,37-38H,1-2H3. The molecule has 5 heteroatoms. The summed E-state index contributed by atoms with van der Waals surface area (Å²) in [5.74, 6) is 1.69. The number of thiophene rings is 2. The monoisotopic (exact) mass is 584 g/mol. The SMILES string of the molecule is COc1ccc(-c2ccc(C(=C3c4ccccc4C(O)c4ccccc43)c3ccc(-c4ccc(OC)cc4)s3)s2)cc1. The van der Waals surface area contributed by atoms with E-state index in [1.54, 1.807) is 36.9 Å². The third kappa shape index (κ3) is 4.66. The third-order valence-corrected chi connectivity index (χ3v) is 10.1. The molecule has 0 amide bonds. The first-order valence-electron chi connectivity index (χ1n) is 13.7. The first kappa shape index (κ1) is 26.5. The van der Waals surface area contributed by atoms with E-state index in [2.05, 4.69) is 72.8 Å². The molecule has 42 heavy (non-hydrogen) atoms. The summed E-state index contributed by atoms with van der Waals surface area (Å²) in [7, 11) is 3.38. The van der Waals surface area contributed by atoms with E-state index < -0.39 is 6.10 Å². The second-order valence-electron chi connectivity index (χ2n) is 10.1. The molecular weight excluding hydrogens is 557 g/mol. The summed E-state index contributed by atoms with van der Waals surface area (Å²) in [6, 6.07) is 41.8. The number of ether oxygens (including phenoxy) is 2. The lowest BCUT2D eigenvalue weighted by atomic mass is 9.78. The number of aliphatic hydroxyl groups is 1. The highest BCUT2D eigenvalue weighted by atomic mass is 32.1. The van der Waals surface area contributed by atoms with Gasteiger partial charge in [-0.25, -0.2) is 0 Å². The summed E-state index contributed by atoms with van der Waals surface area (Å²) in [6.45, 7) is 0. The van der Waals surface area contributed by atoms with Gasteiger partial charge in [-0.05, 0) is 112 Å². The fourth-order valence-electron chi connectivity index (χ4n) is 5.64. The molecule has 6 aromatic rings. The number of rotatable bonds is 6. The van der Waals surface area contributed by atoms with Gasteiger partial charge in [0.1, 0.15) is 17.6 Å². The lowest BCUT2D eigenvalue weighted by molar-refractivity contribution is 0.218. The Bertz CT molecular complexity index is 1770. The predicted molar refractivity (Wildman–Crippen MR) is 175 cm³/mol. The molecule has 1 aliphatic carbocycles. The smallest absolute Gasteiger partial charge is 0.118 e. The van der Waals surface area contributed by atoms with E-state index in [0.717, 1.165) is 50.5 Å².